The van der Waals surface area contributed by atoms with Crippen molar-refractivity contribution in [2.45, 2.75) is 31.8 Å². The molecule has 0 saturated heterocycles. The van der Waals surface area contributed by atoms with E-state index < -0.39 is 5.92 Å². The maximum absolute atomic E-state index is 13.0. The van der Waals surface area contributed by atoms with Gasteiger partial charge in [0.15, 0.2) is 5.78 Å². The lowest BCUT2D eigenvalue weighted by atomic mass is 9.75. The van der Waals surface area contributed by atoms with E-state index in [1.165, 1.54) is 0 Å². The standard InChI is InChI=1S/C24H20BrCl2N3O2/c1-30-19-3-2-4-20(31)23(19)22(17(11-28)24(30)29)16-9-14(25)6-8-21(16)32-12-13-5-7-15(26)10-18(13)27/h5-10,22H,2-4,12,29H2,1H3/t22-/m1/s1. The Morgan fingerprint density at radius 1 is 1.25 bits per heavy atom. The van der Waals surface area contributed by atoms with Crippen LogP contribution < -0.4 is 10.5 Å². The van der Waals surface area contributed by atoms with Crippen molar-refractivity contribution in [1.29, 1.82) is 5.26 Å². The summed E-state index contributed by atoms with van der Waals surface area (Å²) in [6.07, 6.45) is 1.95. The second kappa shape index (κ2) is 9.19. The SMILES string of the molecule is CN1C(N)=C(C#N)[C@@H](c2cc(Br)ccc2OCc2ccc(Cl)cc2Cl)C2=C1CCCC2=O. The predicted molar refractivity (Wildman–Crippen MR) is 128 cm³/mol. The van der Waals surface area contributed by atoms with Crippen LogP contribution in [-0.4, -0.2) is 17.7 Å². The molecule has 0 radical (unpaired) electrons. The van der Waals surface area contributed by atoms with Crippen LogP contribution in [0, 0.1) is 11.3 Å². The van der Waals surface area contributed by atoms with Crippen molar-refractivity contribution in [3.63, 3.8) is 0 Å². The minimum atomic E-state index is -0.591. The molecular formula is C24H20BrCl2N3O2. The number of hydrogen-bond donors (Lipinski definition) is 1. The Morgan fingerprint density at radius 2 is 2.03 bits per heavy atom. The fourth-order valence-corrected chi connectivity index (χ4v) is 5.09. The van der Waals surface area contributed by atoms with Gasteiger partial charge in [-0.2, -0.15) is 5.26 Å². The third kappa shape index (κ3) is 4.13. The zero-order valence-corrected chi connectivity index (χ0v) is 20.4. The molecule has 0 bridgehead atoms. The average molecular weight is 533 g/mol. The molecule has 4 rings (SSSR count). The number of carbonyl (C=O) groups is 1. The van der Waals surface area contributed by atoms with Crippen molar-refractivity contribution >= 4 is 44.9 Å². The lowest BCUT2D eigenvalue weighted by Crippen LogP contribution is -2.36. The number of Topliss-reactive ketones (excluding diaryl/α,β-unsaturated/α-hetero) is 1. The Kier molecular flexibility index (Phi) is 6.52. The summed E-state index contributed by atoms with van der Waals surface area (Å²) < 4.78 is 6.96. The quantitative estimate of drug-likeness (QED) is 0.517. The van der Waals surface area contributed by atoms with Gasteiger partial charge in [0.1, 0.15) is 18.2 Å². The van der Waals surface area contributed by atoms with Gasteiger partial charge in [0.25, 0.3) is 0 Å². The van der Waals surface area contributed by atoms with E-state index in [4.69, 9.17) is 33.7 Å². The number of hydrogen-bond acceptors (Lipinski definition) is 5. The van der Waals surface area contributed by atoms with Gasteiger partial charge in [0.05, 0.1) is 17.6 Å². The molecular weight excluding hydrogens is 513 g/mol. The van der Waals surface area contributed by atoms with E-state index in [-0.39, 0.29) is 12.4 Å². The van der Waals surface area contributed by atoms with Gasteiger partial charge in [-0.05, 0) is 43.2 Å². The van der Waals surface area contributed by atoms with Gasteiger partial charge in [-0.15, -0.1) is 0 Å². The molecule has 0 saturated carbocycles. The van der Waals surface area contributed by atoms with E-state index >= 15 is 0 Å². The number of ether oxygens (including phenoxy) is 1. The Balaban J connectivity index is 1.81. The third-order valence-corrected chi connectivity index (χ3v) is 6.93. The van der Waals surface area contributed by atoms with Crippen LogP contribution in [0.1, 0.15) is 36.3 Å². The van der Waals surface area contributed by atoms with Crippen LogP contribution in [0.3, 0.4) is 0 Å². The smallest absolute Gasteiger partial charge is 0.161 e. The molecule has 2 N–H and O–H groups in total. The second-order valence-electron chi connectivity index (χ2n) is 7.75. The fourth-order valence-electron chi connectivity index (χ4n) is 4.24. The van der Waals surface area contributed by atoms with E-state index in [1.54, 1.807) is 24.1 Å². The minimum absolute atomic E-state index is 0.0371. The first-order valence-corrected chi connectivity index (χ1v) is 11.6. The molecule has 5 nitrogen and oxygen atoms in total. The van der Waals surface area contributed by atoms with E-state index in [1.807, 2.05) is 24.3 Å². The summed E-state index contributed by atoms with van der Waals surface area (Å²) in [7, 11) is 1.80. The maximum Gasteiger partial charge on any atom is 0.161 e. The van der Waals surface area contributed by atoms with Crippen molar-refractivity contribution in [3.8, 4) is 11.8 Å². The molecule has 32 heavy (non-hydrogen) atoms. The van der Waals surface area contributed by atoms with Crippen LogP contribution in [0.25, 0.3) is 0 Å². The molecule has 2 aliphatic rings. The fraction of sp³-hybridized carbons (Fsp3) is 0.250. The van der Waals surface area contributed by atoms with Crippen molar-refractivity contribution in [2.75, 3.05) is 7.05 Å². The molecule has 0 aromatic heterocycles. The molecule has 1 aliphatic carbocycles. The Hall–Kier alpha value is -2.46. The molecule has 0 fully saturated rings. The van der Waals surface area contributed by atoms with E-state index in [2.05, 4.69) is 22.0 Å². The second-order valence-corrected chi connectivity index (χ2v) is 9.51. The van der Waals surface area contributed by atoms with Crippen LogP contribution in [0.5, 0.6) is 5.75 Å². The zero-order valence-electron chi connectivity index (χ0n) is 17.3. The third-order valence-electron chi connectivity index (χ3n) is 5.85. The summed E-state index contributed by atoms with van der Waals surface area (Å²) in [4.78, 5) is 14.8. The molecule has 8 heteroatoms. The summed E-state index contributed by atoms with van der Waals surface area (Å²) >= 11 is 15.8. The largest absolute Gasteiger partial charge is 0.489 e. The Bertz CT molecular complexity index is 1220. The number of benzene rings is 2. The first kappa shape index (κ1) is 22.7. The van der Waals surface area contributed by atoms with E-state index in [0.717, 1.165) is 28.6 Å². The Labute approximate surface area is 205 Å². The molecule has 1 atom stereocenters. The van der Waals surface area contributed by atoms with Crippen LogP contribution in [-0.2, 0) is 11.4 Å². The predicted octanol–water partition coefficient (Wildman–Crippen LogP) is 6.06. The molecule has 164 valence electrons. The van der Waals surface area contributed by atoms with E-state index in [0.29, 0.717) is 44.7 Å². The average Bonchev–Trinajstić information content (AvgIpc) is 2.76. The summed E-state index contributed by atoms with van der Waals surface area (Å²) in [6.45, 7) is 0.207. The minimum Gasteiger partial charge on any atom is -0.489 e. The number of halogens is 3. The van der Waals surface area contributed by atoms with Gasteiger partial charge in [-0.25, -0.2) is 0 Å². The number of carbonyl (C=O) groups excluding carboxylic acids is 1. The molecule has 0 spiro atoms. The molecule has 0 amide bonds. The summed E-state index contributed by atoms with van der Waals surface area (Å²) in [6, 6.07) is 13.0. The molecule has 1 aliphatic heterocycles. The molecule has 2 aromatic carbocycles. The summed E-state index contributed by atoms with van der Waals surface area (Å²) in [5.74, 6) is 0.361. The van der Waals surface area contributed by atoms with Crippen LogP contribution >= 0.6 is 39.1 Å². The summed E-state index contributed by atoms with van der Waals surface area (Å²) in [5.41, 5.74) is 9.67. The van der Waals surface area contributed by atoms with Crippen LogP contribution in [0.2, 0.25) is 10.0 Å². The number of allylic oxidation sites excluding steroid dienone is 3. The lowest BCUT2D eigenvalue weighted by Gasteiger charge is -2.38. The zero-order chi connectivity index (χ0) is 23.0. The topological polar surface area (TPSA) is 79.3 Å². The number of ketones is 1. The highest BCUT2D eigenvalue weighted by molar-refractivity contribution is 9.10. The van der Waals surface area contributed by atoms with Crippen molar-refractivity contribution in [1.82, 2.24) is 4.90 Å². The van der Waals surface area contributed by atoms with Gasteiger partial charge in [-0.1, -0.05) is 45.2 Å². The highest BCUT2D eigenvalue weighted by atomic mass is 79.9. The number of nitrogens with zero attached hydrogens (tertiary/aromatic N) is 2. The maximum atomic E-state index is 13.0. The van der Waals surface area contributed by atoms with Gasteiger partial charge in [0.2, 0.25) is 0 Å². The van der Waals surface area contributed by atoms with Crippen molar-refractivity contribution in [2.24, 2.45) is 5.73 Å². The normalized spacial score (nSPS) is 18.5. The van der Waals surface area contributed by atoms with E-state index in [9.17, 15) is 10.1 Å². The first-order chi connectivity index (χ1) is 15.3. The van der Waals surface area contributed by atoms with Gasteiger partial charge < -0.3 is 15.4 Å². The summed E-state index contributed by atoms with van der Waals surface area (Å²) in [5, 5.41) is 11.0. The lowest BCUT2D eigenvalue weighted by molar-refractivity contribution is -0.116. The highest BCUT2D eigenvalue weighted by Gasteiger charge is 2.39. The van der Waals surface area contributed by atoms with Crippen LogP contribution in [0.4, 0.5) is 0 Å². The van der Waals surface area contributed by atoms with Gasteiger partial charge in [-0.3, -0.25) is 4.79 Å². The molecule has 1 heterocycles. The van der Waals surface area contributed by atoms with Crippen molar-refractivity contribution < 1.29 is 9.53 Å². The van der Waals surface area contributed by atoms with Gasteiger partial charge in [0, 0.05) is 50.4 Å². The highest BCUT2D eigenvalue weighted by Crippen LogP contribution is 2.47. The van der Waals surface area contributed by atoms with Crippen molar-refractivity contribution in [3.05, 3.63) is 84.7 Å². The first-order valence-electron chi connectivity index (χ1n) is 10.1. The number of rotatable bonds is 4. The number of nitriles is 1. The molecule has 2 aromatic rings. The molecule has 0 unspecified atom stereocenters. The monoisotopic (exact) mass is 531 g/mol. The number of nitrogens with two attached hydrogens (primary N) is 1. The Morgan fingerprint density at radius 3 is 2.75 bits per heavy atom. The van der Waals surface area contributed by atoms with Crippen LogP contribution in [0.15, 0.2) is 63.5 Å². The van der Waals surface area contributed by atoms with Gasteiger partial charge >= 0.3 is 0 Å².